The first-order valence-corrected chi connectivity index (χ1v) is 13.6. The highest BCUT2D eigenvalue weighted by Gasteiger charge is 2.36. The average molecular weight is 526 g/mol. The normalized spacial score (nSPS) is 15.6. The zero-order valence-electron chi connectivity index (χ0n) is 20.7. The maximum atomic E-state index is 13.0. The average Bonchev–Trinajstić information content (AvgIpc) is 3.50. The van der Waals surface area contributed by atoms with Crippen molar-refractivity contribution >= 4 is 45.6 Å². The zero-order chi connectivity index (χ0) is 25.5. The molecule has 2 heterocycles. The molecule has 1 saturated heterocycles. The molecule has 1 aromatic heterocycles. The second-order valence-electron chi connectivity index (χ2n) is 9.02. The first-order chi connectivity index (χ1) is 17.5. The number of carbonyl (C=O) groups is 2. The highest BCUT2D eigenvalue weighted by atomic mass is 35.5. The molecular formula is C27H32ClN5O2S. The number of anilines is 2. The Balaban J connectivity index is 1.35. The number of benzene rings is 2. The second-order valence-corrected chi connectivity index (χ2v) is 10.5. The number of nitrogens with one attached hydrogen (secondary N) is 1. The summed E-state index contributed by atoms with van der Waals surface area (Å²) in [5.74, 6) is -0.642. The fourth-order valence-electron chi connectivity index (χ4n) is 4.44. The van der Waals surface area contributed by atoms with Crippen LogP contribution in [0.3, 0.4) is 0 Å². The van der Waals surface area contributed by atoms with Gasteiger partial charge in [-0.2, -0.15) is 0 Å². The van der Waals surface area contributed by atoms with E-state index < -0.39 is 5.92 Å². The highest BCUT2D eigenvalue weighted by molar-refractivity contribution is 7.15. The maximum absolute atomic E-state index is 13.0. The van der Waals surface area contributed by atoms with Crippen LogP contribution in [-0.4, -0.2) is 46.5 Å². The van der Waals surface area contributed by atoms with E-state index in [0.29, 0.717) is 16.7 Å². The summed E-state index contributed by atoms with van der Waals surface area (Å²) in [6, 6.07) is 15.7. The first kappa shape index (κ1) is 26.3. The van der Waals surface area contributed by atoms with Crippen LogP contribution in [0.15, 0.2) is 48.5 Å². The Morgan fingerprint density at radius 3 is 2.67 bits per heavy atom. The van der Waals surface area contributed by atoms with Gasteiger partial charge in [0, 0.05) is 36.6 Å². The fourth-order valence-corrected chi connectivity index (χ4v) is 5.31. The molecule has 0 bridgehead atoms. The van der Waals surface area contributed by atoms with Crippen LogP contribution < -0.4 is 10.2 Å². The van der Waals surface area contributed by atoms with E-state index in [9.17, 15) is 9.59 Å². The van der Waals surface area contributed by atoms with Crippen LogP contribution in [0.5, 0.6) is 0 Å². The van der Waals surface area contributed by atoms with E-state index in [1.165, 1.54) is 16.9 Å². The van der Waals surface area contributed by atoms with Crippen LogP contribution >= 0.6 is 22.9 Å². The molecule has 190 valence electrons. The van der Waals surface area contributed by atoms with Crippen LogP contribution in [0.4, 0.5) is 10.8 Å². The van der Waals surface area contributed by atoms with Crippen molar-refractivity contribution in [2.75, 3.05) is 29.9 Å². The summed E-state index contributed by atoms with van der Waals surface area (Å²) in [7, 11) is 0. The van der Waals surface area contributed by atoms with E-state index >= 15 is 0 Å². The minimum absolute atomic E-state index is 0.0259. The van der Waals surface area contributed by atoms with E-state index in [-0.39, 0.29) is 18.2 Å². The van der Waals surface area contributed by atoms with Gasteiger partial charge in [-0.05, 0) is 55.3 Å². The molecule has 1 aliphatic rings. The molecule has 7 nitrogen and oxygen atoms in total. The Kier molecular flexibility index (Phi) is 9.07. The van der Waals surface area contributed by atoms with Gasteiger partial charge in [0.15, 0.2) is 0 Å². The van der Waals surface area contributed by atoms with Crippen molar-refractivity contribution in [3.63, 3.8) is 0 Å². The third-order valence-corrected chi connectivity index (χ3v) is 7.55. The number of aromatic nitrogens is 2. The number of carbonyl (C=O) groups excluding carboxylic acids is 2. The molecule has 0 aliphatic carbocycles. The van der Waals surface area contributed by atoms with Gasteiger partial charge in [-0.25, -0.2) is 0 Å². The molecule has 9 heteroatoms. The van der Waals surface area contributed by atoms with Crippen LogP contribution in [-0.2, 0) is 29.0 Å². The SMILES string of the molecule is CCCN(CC)Cc1ccccc1N1CC(C(=O)Nc2nnc(CCc3ccc(Cl)cc3)s2)CC1=O. The molecular weight excluding hydrogens is 494 g/mol. The monoisotopic (exact) mass is 525 g/mol. The van der Waals surface area contributed by atoms with E-state index in [4.69, 9.17) is 11.6 Å². The van der Waals surface area contributed by atoms with Crippen LogP contribution in [0.1, 0.15) is 42.8 Å². The topological polar surface area (TPSA) is 78.4 Å². The molecule has 0 spiro atoms. The number of halogens is 1. The van der Waals surface area contributed by atoms with E-state index in [1.807, 2.05) is 42.5 Å². The van der Waals surface area contributed by atoms with Gasteiger partial charge in [0.25, 0.3) is 0 Å². The van der Waals surface area contributed by atoms with Crippen molar-refractivity contribution in [2.24, 2.45) is 5.92 Å². The van der Waals surface area contributed by atoms with E-state index in [1.54, 1.807) is 4.90 Å². The summed E-state index contributed by atoms with van der Waals surface area (Å²) in [5, 5.41) is 13.3. The Hall–Kier alpha value is -2.81. The third kappa shape index (κ3) is 6.69. The predicted molar refractivity (Wildman–Crippen MR) is 146 cm³/mol. The number of para-hydroxylation sites is 1. The molecule has 1 unspecified atom stereocenters. The molecule has 1 aliphatic heterocycles. The summed E-state index contributed by atoms with van der Waals surface area (Å²) in [4.78, 5) is 30.0. The van der Waals surface area contributed by atoms with Crippen LogP contribution in [0.25, 0.3) is 0 Å². The Morgan fingerprint density at radius 2 is 1.92 bits per heavy atom. The molecule has 36 heavy (non-hydrogen) atoms. The Bertz CT molecular complexity index is 1180. The second kappa shape index (κ2) is 12.4. The van der Waals surface area contributed by atoms with Gasteiger partial charge >= 0.3 is 0 Å². The quantitative estimate of drug-likeness (QED) is 0.372. The van der Waals surface area contributed by atoms with Crippen molar-refractivity contribution < 1.29 is 9.59 Å². The molecule has 1 atom stereocenters. The number of amides is 2. The van der Waals surface area contributed by atoms with Gasteiger partial charge in [-0.15, -0.1) is 10.2 Å². The molecule has 0 radical (unpaired) electrons. The van der Waals surface area contributed by atoms with Crippen molar-refractivity contribution in [1.29, 1.82) is 0 Å². The van der Waals surface area contributed by atoms with E-state index in [2.05, 4.69) is 40.3 Å². The summed E-state index contributed by atoms with van der Waals surface area (Å²) in [6.07, 6.45) is 2.82. The molecule has 1 fully saturated rings. The van der Waals surface area contributed by atoms with Crippen molar-refractivity contribution in [2.45, 2.75) is 46.1 Å². The number of rotatable bonds is 11. The van der Waals surface area contributed by atoms with Gasteiger partial charge < -0.3 is 10.2 Å². The third-order valence-electron chi connectivity index (χ3n) is 6.40. The van der Waals surface area contributed by atoms with Gasteiger partial charge in [-0.1, -0.05) is 67.1 Å². The Labute approximate surface area is 221 Å². The number of hydrogen-bond acceptors (Lipinski definition) is 6. The molecule has 2 aromatic carbocycles. The van der Waals surface area contributed by atoms with Crippen LogP contribution in [0.2, 0.25) is 5.02 Å². The standard InChI is InChI=1S/C27H32ClN5O2S/c1-3-15-32(4-2)17-20-7-5-6-8-23(20)33-18-21(16-25(33)34)26(35)29-27-31-30-24(36-27)14-11-19-9-12-22(28)13-10-19/h5-10,12-13,21H,3-4,11,14-18H2,1-2H3,(H,29,31,35). The fraction of sp³-hybridized carbons (Fsp3) is 0.407. The molecule has 4 rings (SSSR count). The zero-order valence-corrected chi connectivity index (χ0v) is 22.3. The van der Waals surface area contributed by atoms with Gasteiger partial charge in [0.2, 0.25) is 16.9 Å². The maximum Gasteiger partial charge on any atom is 0.231 e. The summed E-state index contributed by atoms with van der Waals surface area (Å²) >= 11 is 7.32. The van der Waals surface area contributed by atoms with Crippen LogP contribution in [0, 0.1) is 5.92 Å². The number of nitrogens with zero attached hydrogens (tertiary/aromatic N) is 4. The lowest BCUT2D eigenvalue weighted by Crippen LogP contribution is -2.30. The minimum atomic E-state index is -0.426. The van der Waals surface area contributed by atoms with Crippen molar-refractivity contribution in [3.8, 4) is 0 Å². The lowest BCUT2D eigenvalue weighted by atomic mass is 10.1. The van der Waals surface area contributed by atoms with E-state index in [0.717, 1.165) is 55.2 Å². The number of aryl methyl sites for hydroxylation is 2. The molecule has 0 saturated carbocycles. The van der Waals surface area contributed by atoms with Gasteiger partial charge in [0.05, 0.1) is 5.92 Å². The molecule has 2 amide bonds. The van der Waals surface area contributed by atoms with Gasteiger partial charge in [-0.3, -0.25) is 14.5 Å². The van der Waals surface area contributed by atoms with Crippen molar-refractivity contribution in [3.05, 3.63) is 69.7 Å². The highest BCUT2D eigenvalue weighted by Crippen LogP contribution is 2.30. The minimum Gasteiger partial charge on any atom is -0.311 e. The number of hydrogen-bond donors (Lipinski definition) is 1. The summed E-state index contributed by atoms with van der Waals surface area (Å²) < 4.78 is 0. The molecule has 3 aromatic rings. The van der Waals surface area contributed by atoms with Crippen molar-refractivity contribution in [1.82, 2.24) is 15.1 Å². The van der Waals surface area contributed by atoms with Gasteiger partial charge in [0.1, 0.15) is 5.01 Å². The summed E-state index contributed by atoms with van der Waals surface area (Å²) in [5.41, 5.74) is 3.17. The lowest BCUT2D eigenvalue weighted by molar-refractivity contribution is -0.122. The molecule has 1 N–H and O–H groups in total. The smallest absolute Gasteiger partial charge is 0.231 e. The largest absolute Gasteiger partial charge is 0.311 e. The first-order valence-electron chi connectivity index (χ1n) is 12.4. The summed E-state index contributed by atoms with van der Waals surface area (Å²) in [6.45, 7) is 7.42. The predicted octanol–water partition coefficient (Wildman–Crippen LogP) is 5.20. The Morgan fingerprint density at radius 1 is 1.14 bits per heavy atom. The lowest BCUT2D eigenvalue weighted by Gasteiger charge is -2.25.